The van der Waals surface area contributed by atoms with E-state index in [1.165, 1.54) is 31.2 Å². The molecule has 0 spiro atoms. The summed E-state index contributed by atoms with van der Waals surface area (Å²) in [5, 5.41) is 0. The van der Waals surface area contributed by atoms with Crippen LogP contribution in [0.3, 0.4) is 0 Å². The average molecular weight is 398 g/mol. The second-order valence-corrected chi connectivity index (χ2v) is 8.56. The van der Waals surface area contributed by atoms with E-state index < -0.39 is 12.0 Å². The van der Waals surface area contributed by atoms with Crippen LogP contribution in [0.5, 0.6) is 0 Å². The van der Waals surface area contributed by atoms with E-state index in [1.807, 2.05) is 0 Å². The van der Waals surface area contributed by atoms with Crippen molar-refractivity contribution >= 4 is 0 Å². The average Bonchev–Trinajstić information content (AvgIpc) is 2.68. The van der Waals surface area contributed by atoms with Gasteiger partial charge in [0.2, 0.25) is 0 Å². The van der Waals surface area contributed by atoms with Crippen LogP contribution in [0, 0.1) is 11.8 Å². The topological polar surface area (TPSA) is 9.23 Å². The van der Waals surface area contributed by atoms with Gasteiger partial charge in [-0.1, -0.05) is 44.0 Å². The highest BCUT2D eigenvalue weighted by atomic mass is 19.4. The fourth-order valence-electron chi connectivity index (χ4n) is 4.42. The quantitative estimate of drug-likeness (QED) is 0.467. The maximum Gasteiger partial charge on any atom is 0.442 e. The van der Waals surface area contributed by atoms with Crippen molar-refractivity contribution in [2.45, 2.75) is 83.1 Å². The Kier molecular flexibility index (Phi) is 7.19. The smallest absolute Gasteiger partial charge is 0.374 e. The predicted molar refractivity (Wildman–Crippen MR) is 103 cm³/mol. The van der Waals surface area contributed by atoms with Crippen LogP contribution in [0.15, 0.2) is 36.2 Å². The molecule has 1 aromatic carbocycles. The van der Waals surface area contributed by atoms with Crippen LogP contribution in [0.4, 0.5) is 17.6 Å². The van der Waals surface area contributed by atoms with Crippen molar-refractivity contribution < 1.29 is 22.3 Å². The molecule has 0 radical (unpaired) electrons. The van der Waals surface area contributed by atoms with Crippen LogP contribution in [-0.4, -0.2) is 12.3 Å². The number of alkyl halides is 3. The first-order chi connectivity index (χ1) is 13.3. The molecule has 5 heteroatoms. The molecule has 3 rings (SSSR count). The van der Waals surface area contributed by atoms with Gasteiger partial charge >= 0.3 is 6.18 Å². The molecular formula is C23H30F4O. The summed E-state index contributed by atoms with van der Waals surface area (Å²) in [6.07, 6.45) is 3.47. The van der Waals surface area contributed by atoms with E-state index in [1.54, 1.807) is 0 Å². The lowest BCUT2D eigenvalue weighted by Gasteiger charge is -2.27. The molecule has 2 aliphatic rings. The Labute approximate surface area is 165 Å². The van der Waals surface area contributed by atoms with Crippen LogP contribution in [0.25, 0.3) is 0 Å². The molecular weight excluding hydrogens is 368 g/mol. The second-order valence-electron chi connectivity index (χ2n) is 8.56. The number of allylic oxidation sites excluding steroid dienone is 2. The zero-order chi connectivity index (χ0) is 20.1. The zero-order valence-corrected chi connectivity index (χ0v) is 16.5. The molecule has 0 N–H and O–H groups in total. The molecule has 1 nitrogen and oxygen atoms in total. The third-order valence-electron chi connectivity index (χ3n) is 6.32. The number of ether oxygens (including phenoxy) is 1. The van der Waals surface area contributed by atoms with Crippen molar-refractivity contribution in [2.75, 3.05) is 0 Å². The van der Waals surface area contributed by atoms with E-state index in [2.05, 4.69) is 31.2 Å². The van der Waals surface area contributed by atoms with Crippen LogP contribution < -0.4 is 0 Å². The fourth-order valence-corrected chi connectivity index (χ4v) is 4.42. The number of benzene rings is 1. The maximum atomic E-state index is 13.1. The summed E-state index contributed by atoms with van der Waals surface area (Å²) in [4.78, 5) is 0. The largest absolute Gasteiger partial charge is 0.442 e. The summed E-state index contributed by atoms with van der Waals surface area (Å²) in [6.45, 7) is 2.84. The molecule has 0 bridgehead atoms. The van der Waals surface area contributed by atoms with Crippen molar-refractivity contribution in [3.05, 3.63) is 47.3 Å². The standard InChI is InChI=1S/C23H30F4O/c1-16-2-8-19(9-3-16)20-10-4-18(5-11-20)15-28-21-12-6-17(7-13-21)14-22(24)23(25,26)27/h4-5,10-11,14,16-17,19,21H,2-3,6-9,12-13,15H2,1H3. The summed E-state index contributed by atoms with van der Waals surface area (Å²) >= 11 is 0. The van der Waals surface area contributed by atoms with Crippen LogP contribution >= 0.6 is 0 Å². The molecule has 1 aromatic rings. The lowest BCUT2D eigenvalue weighted by molar-refractivity contribution is -0.109. The molecule has 0 atom stereocenters. The Balaban J connectivity index is 1.42. The van der Waals surface area contributed by atoms with E-state index >= 15 is 0 Å². The Morgan fingerprint density at radius 3 is 2.14 bits per heavy atom. The molecule has 0 amide bonds. The van der Waals surface area contributed by atoms with Crippen LogP contribution in [0.1, 0.15) is 75.3 Å². The van der Waals surface area contributed by atoms with Crippen molar-refractivity contribution in [2.24, 2.45) is 11.8 Å². The molecule has 0 unspecified atom stereocenters. The minimum atomic E-state index is -4.87. The van der Waals surface area contributed by atoms with Crippen LogP contribution in [0.2, 0.25) is 0 Å². The van der Waals surface area contributed by atoms with Gasteiger partial charge < -0.3 is 4.74 Å². The van der Waals surface area contributed by atoms with Gasteiger partial charge in [-0.05, 0) is 73.5 Å². The highest BCUT2D eigenvalue weighted by Gasteiger charge is 2.35. The van der Waals surface area contributed by atoms with Crippen LogP contribution in [-0.2, 0) is 11.3 Å². The van der Waals surface area contributed by atoms with Gasteiger partial charge in [-0.25, -0.2) is 4.39 Å². The zero-order valence-electron chi connectivity index (χ0n) is 16.5. The summed E-state index contributed by atoms with van der Waals surface area (Å²) in [7, 11) is 0. The summed E-state index contributed by atoms with van der Waals surface area (Å²) in [6, 6.07) is 8.67. The van der Waals surface area contributed by atoms with Gasteiger partial charge in [0.1, 0.15) is 0 Å². The molecule has 2 fully saturated rings. The van der Waals surface area contributed by atoms with Gasteiger partial charge in [0, 0.05) is 0 Å². The first-order valence-electron chi connectivity index (χ1n) is 10.5. The van der Waals surface area contributed by atoms with E-state index in [9.17, 15) is 17.6 Å². The van der Waals surface area contributed by atoms with Gasteiger partial charge in [0.25, 0.3) is 0 Å². The predicted octanol–water partition coefficient (Wildman–Crippen LogP) is 7.47. The van der Waals surface area contributed by atoms with Crippen molar-refractivity contribution in [3.63, 3.8) is 0 Å². The Morgan fingerprint density at radius 1 is 0.964 bits per heavy atom. The summed E-state index contributed by atoms with van der Waals surface area (Å²) in [5.74, 6) is -0.797. The lowest BCUT2D eigenvalue weighted by atomic mass is 9.79. The van der Waals surface area contributed by atoms with Gasteiger partial charge in [0.15, 0.2) is 5.83 Å². The van der Waals surface area contributed by atoms with Gasteiger partial charge in [-0.15, -0.1) is 0 Å². The molecule has 0 saturated heterocycles. The van der Waals surface area contributed by atoms with Gasteiger partial charge in [-0.2, -0.15) is 13.2 Å². The third-order valence-corrected chi connectivity index (χ3v) is 6.32. The van der Waals surface area contributed by atoms with Crippen molar-refractivity contribution in [1.29, 1.82) is 0 Å². The number of rotatable bonds is 5. The first-order valence-corrected chi connectivity index (χ1v) is 10.5. The Morgan fingerprint density at radius 2 is 1.57 bits per heavy atom. The highest BCUT2D eigenvalue weighted by Crippen LogP contribution is 2.36. The van der Waals surface area contributed by atoms with Gasteiger partial charge in [0.05, 0.1) is 12.7 Å². The minimum Gasteiger partial charge on any atom is -0.374 e. The molecule has 0 heterocycles. The summed E-state index contributed by atoms with van der Waals surface area (Å²) < 4.78 is 55.9. The molecule has 2 aliphatic carbocycles. The van der Waals surface area contributed by atoms with Gasteiger partial charge in [-0.3, -0.25) is 0 Å². The highest BCUT2D eigenvalue weighted by molar-refractivity contribution is 5.25. The monoisotopic (exact) mass is 398 g/mol. The van der Waals surface area contributed by atoms with Crippen molar-refractivity contribution in [1.82, 2.24) is 0 Å². The number of hydrogen-bond acceptors (Lipinski definition) is 1. The Hall–Kier alpha value is -1.36. The minimum absolute atomic E-state index is 0.0399. The maximum absolute atomic E-state index is 13.1. The van der Waals surface area contributed by atoms with E-state index in [0.717, 1.165) is 17.6 Å². The second kappa shape index (κ2) is 9.43. The summed E-state index contributed by atoms with van der Waals surface area (Å²) in [5.41, 5.74) is 2.53. The molecule has 0 aromatic heterocycles. The molecule has 2 saturated carbocycles. The first kappa shape index (κ1) is 21.4. The third kappa shape index (κ3) is 6.07. The lowest BCUT2D eigenvalue weighted by Crippen LogP contribution is -2.21. The van der Waals surface area contributed by atoms with E-state index in [-0.39, 0.29) is 12.0 Å². The normalized spacial score (nSPS) is 29.7. The van der Waals surface area contributed by atoms with Crippen molar-refractivity contribution in [3.8, 4) is 0 Å². The molecule has 28 heavy (non-hydrogen) atoms. The SMILES string of the molecule is CC1CCC(c2ccc(COC3CCC(C=C(F)C(F)(F)F)CC3)cc2)CC1. The van der Waals surface area contributed by atoms with E-state index in [4.69, 9.17) is 4.74 Å². The number of hydrogen-bond donors (Lipinski definition) is 0. The number of halogens is 4. The molecule has 156 valence electrons. The Bertz CT molecular complexity index is 634. The fraction of sp³-hybridized carbons (Fsp3) is 0.652. The molecule has 0 aliphatic heterocycles. The van der Waals surface area contributed by atoms with E-state index in [0.29, 0.717) is 38.2 Å².